The average molecular weight is 449 g/mol. The van der Waals surface area contributed by atoms with E-state index in [9.17, 15) is 8.78 Å². The maximum absolute atomic E-state index is 14.6. The van der Waals surface area contributed by atoms with E-state index in [2.05, 4.69) is 10.6 Å². The molecule has 1 heterocycles. The Hall–Kier alpha value is -1.69. The number of halogens is 3. The van der Waals surface area contributed by atoms with Gasteiger partial charge in [0.2, 0.25) is 0 Å². The highest BCUT2D eigenvalue weighted by Gasteiger charge is 2.46. The number of piperidine rings is 1. The van der Waals surface area contributed by atoms with Crippen molar-refractivity contribution in [2.45, 2.75) is 63.1 Å². The van der Waals surface area contributed by atoms with E-state index >= 15 is 0 Å². The molecule has 2 aliphatic carbocycles. The Balaban J connectivity index is 0.00000231. The first kappa shape index (κ1) is 22.5. The minimum atomic E-state index is -0.610. The highest BCUT2D eigenvalue weighted by molar-refractivity contribution is 5.85. The molecule has 2 aromatic rings. The van der Waals surface area contributed by atoms with Crippen LogP contribution in [0, 0.1) is 17.0 Å². The Morgan fingerprint density at radius 1 is 1.06 bits per heavy atom. The summed E-state index contributed by atoms with van der Waals surface area (Å²) in [6, 6.07) is 12.9. The third-order valence-electron chi connectivity index (χ3n) is 7.27. The summed E-state index contributed by atoms with van der Waals surface area (Å²) in [6.07, 6.45) is 7.18. The van der Waals surface area contributed by atoms with Gasteiger partial charge in [-0.3, -0.25) is 0 Å². The summed E-state index contributed by atoms with van der Waals surface area (Å²) in [5, 5.41) is 7.26. The topological polar surface area (TPSA) is 33.3 Å². The third-order valence-corrected chi connectivity index (χ3v) is 7.27. The number of hydrogen-bond donors (Lipinski definition) is 2. The first-order valence-electron chi connectivity index (χ1n) is 11.2. The maximum atomic E-state index is 14.6. The van der Waals surface area contributed by atoms with Crippen molar-refractivity contribution in [3.8, 4) is 5.75 Å². The lowest BCUT2D eigenvalue weighted by atomic mass is 9.77. The standard InChI is InChI=1S/C25H30F2N2O.ClH/c26-18-12-21(24(22(27)13-18)30-16-17-4-2-1-3-5-17)20-14-23(20)29-19-6-7-25(15-19)8-10-28-11-9-25;/h1-5,12-13,19-20,23,28-29H,6-11,14-16H2;1H/t19?,20-,23+;/m0./s1. The summed E-state index contributed by atoms with van der Waals surface area (Å²) in [7, 11) is 0. The highest BCUT2D eigenvalue weighted by Crippen LogP contribution is 2.49. The van der Waals surface area contributed by atoms with E-state index in [-0.39, 0.29) is 36.7 Å². The van der Waals surface area contributed by atoms with Gasteiger partial charge in [0, 0.05) is 29.6 Å². The van der Waals surface area contributed by atoms with Crippen molar-refractivity contribution >= 4 is 12.4 Å². The van der Waals surface area contributed by atoms with Crippen LogP contribution in [0.15, 0.2) is 42.5 Å². The van der Waals surface area contributed by atoms with Crippen LogP contribution in [-0.4, -0.2) is 25.2 Å². The average Bonchev–Trinajstić information content (AvgIpc) is 3.41. The predicted molar refractivity (Wildman–Crippen MR) is 121 cm³/mol. The van der Waals surface area contributed by atoms with Crippen LogP contribution in [0.3, 0.4) is 0 Å². The summed E-state index contributed by atoms with van der Waals surface area (Å²) in [6.45, 7) is 2.54. The molecule has 31 heavy (non-hydrogen) atoms. The Morgan fingerprint density at radius 3 is 2.61 bits per heavy atom. The molecule has 1 aliphatic heterocycles. The molecule has 0 aromatic heterocycles. The van der Waals surface area contributed by atoms with Crippen LogP contribution in [0.25, 0.3) is 0 Å². The Kier molecular flexibility index (Phi) is 6.85. The summed E-state index contributed by atoms with van der Waals surface area (Å²) in [5.41, 5.74) is 2.13. The molecule has 0 radical (unpaired) electrons. The molecule has 3 atom stereocenters. The minimum absolute atomic E-state index is 0. The van der Waals surface area contributed by atoms with Gasteiger partial charge >= 0.3 is 0 Å². The van der Waals surface area contributed by atoms with E-state index in [4.69, 9.17) is 4.74 Å². The van der Waals surface area contributed by atoms with E-state index in [0.29, 0.717) is 17.0 Å². The van der Waals surface area contributed by atoms with Gasteiger partial charge in [-0.1, -0.05) is 30.3 Å². The molecule has 0 amide bonds. The molecule has 3 nitrogen and oxygen atoms in total. The molecular formula is C25H31ClF2N2O. The lowest BCUT2D eigenvalue weighted by molar-refractivity contribution is 0.204. The molecule has 2 N–H and O–H groups in total. The van der Waals surface area contributed by atoms with E-state index in [1.54, 1.807) is 0 Å². The SMILES string of the molecule is Cl.Fc1cc(F)c(OCc2ccccc2)c([C@@H]2C[C@H]2NC2CCC3(CCNCC3)C2)c1. The zero-order valence-corrected chi connectivity index (χ0v) is 18.5. The zero-order chi connectivity index (χ0) is 20.6. The fourth-order valence-electron chi connectivity index (χ4n) is 5.52. The van der Waals surface area contributed by atoms with E-state index in [0.717, 1.165) is 31.1 Å². The number of benzene rings is 2. The van der Waals surface area contributed by atoms with Gasteiger partial charge in [-0.15, -0.1) is 12.4 Å². The third kappa shape index (κ3) is 5.05. The van der Waals surface area contributed by atoms with Gasteiger partial charge in [0.05, 0.1) is 0 Å². The highest BCUT2D eigenvalue weighted by atomic mass is 35.5. The second-order valence-electron chi connectivity index (χ2n) is 9.39. The summed E-state index contributed by atoms with van der Waals surface area (Å²) in [4.78, 5) is 0. The van der Waals surface area contributed by atoms with Crippen LogP contribution in [0.4, 0.5) is 8.78 Å². The first-order chi connectivity index (χ1) is 14.6. The fraction of sp³-hybridized carbons (Fsp3) is 0.520. The normalized spacial score (nSPS) is 26.5. The molecule has 5 rings (SSSR count). The zero-order valence-electron chi connectivity index (χ0n) is 17.7. The number of nitrogens with one attached hydrogen (secondary N) is 2. The molecule has 2 aromatic carbocycles. The van der Waals surface area contributed by atoms with Crippen LogP contribution >= 0.6 is 12.4 Å². The lowest BCUT2D eigenvalue weighted by Gasteiger charge is -2.34. The molecule has 168 valence electrons. The quantitative estimate of drug-likeness (QED) is 0.626. The molecular weight excluding hydrogens is 418 g/mol. The van der Waals surface area contributed by atoms with E-state index in [1.165, 1.54) is 38.2 Å². The van der Waals surface area contributed by atoms with Gasteiger partial charge in [-0.25, -0.2) is 8.78 Å². The maximum Gasteiger partial charge on any atom is 0.168 e. The van der Waals surface area contributed by atoms with Crippen molar-refractivity contribution in [2.24, 2.45) is 5.41 Å². The van der Waals surface area contributed by atoms with Crippen LogP contribution in [0.1, 0.15) is 55.6 Å². The van der Waals surface area contributed by atoms with Gasteiger partial charge < -0.3 is 15.4 Å². The summed E-state index contributed by atoms with van der Waals surface area (Å²) >= 11 is 0. The van der Waals surface area contributed by atoms with Crippen LogP contribution in [0.5, 0.6) is 5.75 Å². The van der Waals surface area contributed by atoms with Crippen LogP contribution < -0.4 is 15.4 Å². The van der Waals surface area contributed by atoms with Crippen molar-refractivity contribution in [3.05, 3.63) is 65.2 Å². The van der Waals surface area contributed by atoms with Crippen LogP contribution in [0.2, 0.25) is 0 Å². The van der Waals surface area contributed by atoms with E-state index in [1.807, 2.05) is 30.3 Å². The van der Waals surface area contributed by atoms with Crippen molar-refractivity contribution < 1.29 is 13.5 Å². The molecule has 3 aliphatic rings. The minimum Gasteiger partial charge on any atom is -0.486 e. The smallest absolute Gasteiger partial charge is 0.168 e. The molecule has 1 unspecified atom stereocenters. The second-order valence-corrected chi connectivity index (χ2v) is 9.39. The van der Waals surface area contributed by atoms with Gasteiger partial charge in [0.15, 0.2) is 11.6 Å². The molecule has 6 heteroatoms. The Morgan fingerprint density at radius 2 is 1.84 bits per heavy atom. The molecule has 2 saturated carbocycles. The lowest BCUT2D eigenvalue weighted by Crippen LogP contribution is -2.37. The molecule has 3 fully saturated rings. The monoisotopic (exact) mass is 448 g/mol. The number of rotatable bonds is 6. The second kappa shape index (κ2) is 9.43. The predicted octanol–water partition coefficient (Wildman–Crippen LogP) is 5.33. The van der Waals surface area contributed by atoms with Gasteiger partial charge in [-0.05, 0) is 68.7 Å². The fourth-order valence-corrected chi connectivity index (χ4v) is 5.52. The van der Waals surface area contributed by atoms with Crippen LogP contribution in [-0.2, 0) is 6.61 Å². The first-order valence-corrected chi connectivity index (χ1v) is 11.2. The van der Waals surface area contributed by atoms with E-state index < -0.39 is 11.6 Å². The van der Waals surface area contributed by atoms with Gasteiger partial charge in [0.25, 0.3) is 0 Å². The number of ether oxygens (including phenoxy) is 1. The molecule has 1 spiro atoms. The summed E-state index contributed by atoms with van der Waals surface area (Å²) < 4.78 is 34.4. The summed E-state index contributed by atoms with van der Waals surface area (Å²) in [5.74, 6) is -0.822. The van der Waals surface area contributed by atoms with Gasteiger partial charge in [-0.2, -0.15) is 0 Å². The largest absolute Gasteiger partial charge is 0.486 e. The van der Waals surface area contributed by atoms with Crippen molar-refractivity contribution in [1.82, 2.24) is 10.6 Å². The molecule has 1 saturated heterocycles. The number of hydrogen-bond acceptors (Lipinski definition) is 3. The van der Waals surface area contributed by atoms with Gasteiger partial charge in [0.1, 0.15) is 12.4 Å². The van der Waals surface area contributed by atoms with Crippen molar-refractivity contribution in [1.29, 1.82) is 0 Å². The Labute approximate surface area is 189 Å². The Bertz CT molecular complexity index is 889. The van der Waals surface area contributed by atoms with Crippen molar-refractivity contribution in [2.75, 3.05) is 13.1 Å². The molecule has 0 bridgehead atoms. The van der Waals surface area contributed by atoms with Crippen molar-refractivity contribution in [3.63, 3.8) is 0 Å².